The average molecular weight is 733 g/mol. The van der Waals surface area contributed by atoms with Gasteiger partial charge < -0.3 is 0 Å². The molecular weight excluding hydrogens is 685 g/mol. The van der Waals surface area contributed by atoms with Gasteiger partial charge in [-0.25, -0.2) is 15.0 Å². The van der Waals surface area contributed by atoms with Crippen LogP contribution in [-0.4, -0.2) is 60.9 Å². The third kappa shape index (κ3) is 6.52. The molecule has 0 aliphatic carbocycles. The predicted molar refractivity (Wildman–Crippen MR) is 223 cm³/mol. The highest BCUT2D eigenvalue weighted by Gasteiger charge is 2.46. The molecule has 0 unspecified atom stereocenters. The smallest absolute Gasteiger partial charge is 0.117 e. The minimum absolute atomic E-state index is 0.0286. The molecular formula is C42H48N6S3. The van der Waals surface area contributed by atoms with Crippen molar-refractivity contribution in [3.8, 4) is 33.8 Å². The summed E-state index contributed by atoms with van der Waals surface area (Å²) in [7, 11) is 0. The number of hydrogen-bond acceptors (Lipinski definition) is 9. The first-order valence-corrected chi connectivity index (χ1v) is 20.1. The van der Waals surface area contributed by atoms with Gasteiger partial charge in [0.1, 0.15) is 15.1 Å². The molecule has 9 heteroatoms. The molecule has 0 saturated carbocycles. The number of aromatic nitrogens is 3. The fourth-order valence-corrected chi connectivity index (χ4v) is 9.69. The number of benzene rings is 1. The number of aliphatic imine (C=N–C) groups is 3. The van der Waals surface area contributed by atoms with E-state index in [2.05, 4.69) is 156 Å². The lowest BCUT2D eigenvalue weighted by Crippen LogP contribution is -2.36. The third-order valence-electron chi connectivity index (χ3n) is 11.3. The Bertz CT molecular complexity index is 1900. The maximum Gasteiger partial charge on any atom is 0.117 e. The second-order valence-corrected chi connectivity index (χ2v) is 21.6. The van der Waals surface area contributed by atoms with Crippen molar-refractivity contribution in [3.63, 3.8) is 0 Å². The van der Waals surface area contributed by atoms with E-state index in [-0.39, 0.29) is 30.9 Å². The van der Waals surface area contributed by atoms with E-state index in [4.69, 9.17) is 29.9 Å². The minimum atomic E-state index is -0.191. The monoisotopic (exact) mass is 732 g/mol. The van der Waals surface area contributed by atoms with Gasteiger partial charge in [0.05, 0.1) is 50.8 Å². The minimum Gasteiger partial charge on any atom is -0.269 e. The Balaban J connectivity index is 1.35. The molecule has 0 amide bonds. The summed E-state index contributed by atoms with van der Waals surface area (Å²) >= 11 is 5.40. The van der Waals surface area contributed by atoms with Crippen LogP contribution in [0.2, 0.25) is 0 Å². The summed E-state index contributed by atoms with van der Waals surface area (Å²) in [5.41, 5.74) is 7.74. The van der Waals surface area contributed by atoms with Gasteiger partial charge in [-0.15, -0.1) is 0 Å². The number of pyridine rings is 3. The number of rotatable bonds is 6. The molecule has 0 fully saturated rings. The first-order valence-electron chi connectivity index (χ1n) is 17.6. The molecule has 7 rings (SSSR count). The molecule has 6 nitrogen and oxygen atoms in total. The van der Waals surface area contributed by atoms with Crippen molar-refractivity contribution >= 4 is 50.4 Å². The van der Waals surface area contributed by atoms with Gasteiger partial charge in [0, 0.05) is 30.9 Å². The van der Waals surface area contributed by atoms with E-state index < -0.39 is 0 Å². The van der Waals surface area contributed by atoms with Crippen molar-refractivity contribution in [3.05, 3.63) is 89.9 Å². The van der Waals surface area contributed by atoms with E-state index in [1.54, 1.807) is 35.3 Å². The van der Waals surface area contributed by atoms with Gasteiger partial charge in [-0.05, 0) is 138 Å². The Morgan fingerprint density at radius 3 is 0.804 bits per heavy atom. The highest BCUT2D eigenvalue weighted by Crippen LogP contribution is 2.48. The second kappa shape index (κ2) is 12.1. The van der Waals surface area contributed by atoms with Crippen LogP contribution in [0.5, 0.6) is 0 Å². The first-order chi connectivity index (χ1) is 23.7. The van der Waals surface area contributed by atoms with Gasteiger partial charge in [0.2, 0.25) is 0 Å². The molecule has 6 heterocycles. The number of thioether (sulfide) groups is 3. The molecule has 3 aliphatic rings. The molecule has 1 aromatic carbocycles. The standard InChI is InChI=1S/C42H48N6S3/c1-37(2)40(7,8)49-34(46-37)31-19-13-16-28(43-31)25-22-26(29-17-14-20-32(44-29)35-47-38(3,4)41(9,10)50-35)24-27(23-25)30-18-15-21-33(45-30)36-48-39(5,6)42(11,12)51-36/h13-24H,1-12H3. The van der Waals surface area contributed by atoms with Crippen LogP contribution in [0.25, 0.3) is 33.8 Å². The molecule has 264 valence electrons. The summed E-state index contributed by atoms with van der Waals surface area (Å²) in [5, 5.41) is 2.94. The van der Waals surface area contributed by atoms with Gasteiger partial charge in [0.25, 0.3) is 0 Å². The topological polar surface area (TPSA) is 75.8 Å². The van der Waals surface area contributed by atoms with Crippen LogP contribution in [0.15, 0.2) is 87.8 Å². The van der Waals surface area contributed by atoms with E-state index in [1.807, 2.05) is 0 Å². The Morgan fingerprint density at radius 2 is 0.588 bits per heavy atom. The van der Waals surface area contributed by atoms with Crippen molar-refractivity contribution in [2.75, 3.05) is 0 Å². The highest BCUT2D eigenvalue weighted by molar-refractivity contribution is 8.16. The molecule has 51 heavy (non-hydrogen) atoms. The van der Waals surface area contributed by atoms with E-state index in [1.165, 1.54) is 0 Å². The zero-order valence-electron chi connectivity index (χ0n) is 31.8. The second-order valence-electron chi connectivity index (χ2n) is 16.8. The quantitative estimate of drug-likeness (QED) is 0.196. The lowest BCUT2D eigenvalue weighted by atomic mass is 9.91. The van der Waals surface area contributed by atoms with Crippen LogP contribution >= 0.6 is 35.3 Å². The maximum atomic E-state index is 5.21. The normalized spacial score (nSPS) is 22.0. The largest absolute Gasteiger partial charge is 0.269 e. The zero-order chi connectivity index (χ0) is 36.8. The van der Waals surface area contributed by atoms with Crippen molar-refractivity contribution < 1.29 is 0 Å². The maximum absolute atomic E-state index is 5.21. The lowest BCUT2D eigenvalue weighted by molar-refractivity contribution is 0.426. The van der Waals surface area contributed by atoms with Crippen molar-refractivity contribution in [1.29, 1.82) is 0 Å². The Morgan fingerprint density at radius 1 is 0.353 bits per heavy atom. The summed E-state index contributed by atoms with van der Waals surface area (Å²) in [5.74, 6) is 0. The van der Waals surface area contributed by atoms with Gasteiger partial charge in [0.15, 0.2) is 0 Å². The van der Waals surface area contributed by atoms with Crippen molar-refractivity contribution in [2.24, 2.45) is 15.0 Å². The van der Waals surface area contributed by atoms with E-state index in [9.17, 15) is 0 Å². The summed E-state index contributed by atoms with van der Waals surface area (Å²) in [6, 6.07) is 25.3. The lowest BCUT2D eigenvalue weighted by Gasteiger charge is -2.30. The Labute approximate surface area is 316 Å². The number of hydrogen-bond donors (Lipinski definition) is 0. The fraction of sp³-hybridized carbons (Fsp3) is 0.429. The summed E-state index contributed by atoms with van der Waals surface area (Å²) in [4.78, 5) is 31.0. The molecule has 3 aromatic heterocycles. The molecule has 4 aromatic rings. The summed E-state index contributed by atoms with van der Waals surface area (Å²) in [6.45, 7) is 26.7. The number of nitrogens with zero attached hydrogens (tertiary/aromatic N) is 6. The van der Waals surface area contributed by atoms with E-state index in [0.29, 0.717) is 0 Å². The van der Waals surface area contributed by atoms with Crippen molar-refractivity contribution in [1.82, 2.24) is 15.0 Å². The average Bonchev–Trinajstić information content (AvgIpc) is 3.54. The zero-order valence-corrected chi connectivity index (χ0v) is 34.3. The van der Waals surface area contributed by atoms with Gasteiger partial charge >= 0.3 is 0 Å². The van der Waals surface area contributed by atoms with E-state index >= 15 is 0 Å². The third-order valence-corrected chi connectivity index (χ3v) is 15.9. The van der Waals surface area contributed by atoms with Crippen LogP contribution < -0.4 is 0 Å². The van der Waals surface area contributed by atoms with E-state index in [0.717, 1.165) is 66.0 Å². The van der Waals surface area contributed by atoms with Crippen LogP contribution in [0, 0.1) is 0 Å². The van der Waals surface area contributed by atoms with Crippen LogP contribution in [0.1, 0.15) is 100 Å². The molecule has 3 aliphatic heterocycles. The molecule has 0 spiro atoms. The Kier molecular flexibility index (Phi) is 8.59. The fourth-order valence-electron chi connectivity index (χ4n) is 5.88. The molecule has 0 bridgehead atoms. The SMILES string of the molecule is CC1(C)N=C(c2cccc(-c3cc(-c4cccc(C5=NC(C)(C)C(C)(C)S5)n4)cc(-c4cccc(C5=NC(C)(C)C(C)(C)S5)n4)c3)n2)SC1(C)C. The summed E-state index contributed by atoms with van der Waals surface area (Å²) < 4.78 is -0.0859. The van der Waals surface area contributed by atoms with Gasteiger partial charge in [-0.1, -0.05) is 53.5 Å². The van der Waals surface area contributed by atoms with Crippen molar-refractivity contribution in [2.45, 2.75) is 114 Å². The highest BCUT2D eigenvalue weighted by atomic mass is 32.2. The molecule has 0 atom stereocenters. The van der Waals surface area contributed by atoms with Gasteiger partial charge in [-0.2, -0.15) is 0 Å². The molecule has 0 N–H and O–H groups in total. The predicted octanol–water partition coefficient (Wildman–Crippen LogP) is 11.0. The van der Waals surface area contributed by atoms with Crippen LogP contribution in [0.4, 0.5) is 0 Å². The first kappa shape index (κ1) is 36.1. The Hall–Kier alpha value is -3.27. The van der Waals surface area contributed by atoms with Crippen LogP contribution in [0.3, 0.4) is 0 Å². The van der Waals surface area contributed by atoms with Gasteiger partial charge in [-0.3, -0.25) is 15.0 Å². The molecule has 0 saturated heterocycles. The summed E-state index contributed by atoms with van der Waals surface area (Å²) in [6.07, 6.45) is 0. The van der Waals surface area contributed by atoms with Crippen LogP contribution in [-0.2, 0) is 0 Å². The molecule has 0 radical (unpaired) electrons.